The number of para-hydroxylation sites is 2. The predicted octanol–water partition coefficient (Wildman–Crippen LogP) is 4.63. The van der Waals surface area contributed by atoms with Crippen LogP contribution < -0.4 is 9.47 Å². The first kappa shape index (κ1) is 20.1. The van der Waals surface area contributed by atoms with Crippen LogP contribution in [0, 0.1) is 12.3 Å². The molecule has 0 radical (unpaired) electrons. The Labute approximate surface area is 163 Å². The van der Waals surface area contributed by atoms with Crippen molar-refractivity contribution in [3.8, 4) is 23.8 Å². The van der Waals surface area contributed by atoms with E-state index in [9.17, 15) is 13.2 Å². The molecule has 1 saturated heterocycles. The van der Waals surface area contributed by atoms with Crippen LogP contribution in [0.15, 0.2) is 54.6 Å². The summed E-state index contributed by atoms with van der Waals surface area (Å²) in [5.74, 6) is 3.38. The van der Waals surface area contributed by atoms with Crippen LogP contribution in [-0.2, 0) is 6.18 Å². The summed E-state index contributed by atoms with van der Waals surface area (Å²) >= 11 is 0. The second-order valence-corrected chi connectivity index (χ2v) is 6.74. The molecule has 0 unspecified atom stereocenters. The van der Waals surface area contributed by atoms with Gasteiger partial charge >= 0.3 is 6.18 Å². The van der Waals surface area contributed by atoms with Gasteiger partial charge in [-0.15, -0.1) is 6.42 Å². The van der Waals surface area contributed by atoms with Gasteiger partial charge in [-0.2, -0.15) is 13.2 Å². The maximum absolute atomic E-state index is 13.0. The fraction of sp³-hybridized carbons (Fsp3) is 0.364. The number of rotatable bonds is 6. The van der Waals surface area contributed by atoms with Crippen molar-refractivity contribution in [1.29, 1.82) is 0 Å². The van der Waals surface area contributed by atoms with Gasteiger partial charge in [0.25, 0.3) is 0 Å². The van der Waals surface area contributed by atoms with Gasteiger partial charge in [-0.3, -0.25) is 4.90 Å². The number of terminal acetylenes is 1. The fourth-order valence-electron chi connectivity index (χ4n) is 3.24. The SMILES string of the molecule is C#CC1(Oc2ccccc2)CCN(CCOc2ccccc2C(F)(F)F)CC1. The van der Waals surface area contributed by atoms with Crippen molar-refractivity contribution >= 4 is 0 Å². The highest BCUT2D eigenvalue weighted by atomic mass is 19.4. The van der Waals surface area contributed by atoms with E-state index in [0.29, 0.717) is 32.5 Å². The minimum absolute atomic E-state index is 0.141. The molecule has 1 fully saturated rings. The average Bonchev–Trinajstić information content (AvgIpc) is 2.70. The number of piperidine rings is 1. The van der Waals surface area contributed by atoms with Gasteiger partial charge in [0.1, 0.15) is 18.1 Å². The summed E-state index contributed by atoms with van der Waals surface area (Å²) in [5, 5.41) is 0. The molecule has 0 spiro atoms. The highest BCUT2D eigenvalue weighted by Crippen LogP contribution is 2.36. The molecular weight excluding hydrogens is 367 g/mol. The lowest BCUT2D eigenvalue weighted by Crippen LogP contribution is -2.48. The molecule has 28 heavy (non-hydrogen) atoms. The summed E-state index contributed by atoms with van der Waals surface area (Å²) in [7, 11) is 0. The minimum Gasteiger partial charge on any atom is -0.492 e. The maximum atomic E-state index is 13.0. The summed E-state index contributed by atoms with van der Waals surface area (Å²) in [4.78, 5) is 2.13. The Hall–Kier alpha value is -2.65. The second kappa shape index (κ2) is 8.57. The van der Waals surface area contributed by atoms with Crippen molar-refractivity contribution in [2.24, 2.45) is 0 Å². The molecule has 3 nitrogen and oxygen atoms in total. The van der Waals surface area contributed by atoms with E-state index in [1.165, 1.54) is 18.2 Å². The summed E-state index contributed by atoms with van der Waals surface area (Å²) in [6.07, 6.45) is 2.61. The van der Waals surface area contributed by atoms with E-state index in [1.807, 2.05) is 30.3 Å². The molecule has 0 aromatic heterocycles. The topological polar surface area (TPSA) is 21.7 Å². The van der Waals surface area contributed by atoms with E-state index >= 15 is 0 Å². The van der Waals surface area contributed by atoms with Crippen molar-refractivity contribution < 1.29 is 22.6 Å². The zero-order valence-electron chi connectivity index (χ0n) is 15.4. The molecule has 1 aliphatic heterocycles. The van der Waals surface area contributed by atoms with E-state index in [-0.39, 0.29) is 12.4 Å². The highest BCUT2D eigenvalue weighted by Gasteiger charge is 2.36. The third-order valence-corrected chi connectivity index (χ3v) is 4.84. The van der Waals surface area contributed by atoms with Crippen molar-refractivity contribution in [2.45, 2.75) is 24.6 Å². The van der Waals surface area contributed by atoms with E-state index in [2.05, 4.69) is 10.8 Å². The zero-order chi connectivity index (χ0) is 20.0. The molecule has 1 heterocycles. The maximum Gasteiger partial charge on any atom is 0.419 e. The first-order valence-electron chi connectivity index (χ1n) is 9.15. The standard InChI is InChI=1S/C22H22F3NO2/c1-2-21(28-18-8-4-3-5-9-18)12-14-26(15-13-21)16-17-27-20-11-7-6-10-19(20)22(23,24)25/h1,3-11H,12-17H2. The Bertz CT molecular complexity index is 807. The fourth-order valence-corrected chi connectivity index (χ4v) is 3.24. The molecule has 2 aromatic rings. The van der Waals surface area contributed by atoms with Gasteiger partial charge in [0, 0.05) is 32.5 Å². The molecule has 0 amide bonds. The van der Waals surface area contributed by atoms with Crippen LogP contribution in [0.1, 0.15) is 18.4 Å². The first-order valence-corrected chi connectivity index (χ1v) is 9.15. The Balaban J connectivity index is 1.51. The number of likely N-dealkylation sites (tertiary alicyclic amines) is 1. The van der Waals surface area contributed by atoms with Gasteiger partial charge in [0.05, 0.1) is 5.56 Å². The van der Waals surface area contributed by atoms with Crippen molar-refractivity contribution in [3.63, 3.8) is 0 Å². The molecule has 148 valence electrons. The minimum atomic E-state index is -4.43. The second-order valence-electron chi connectivity index (χ2n) is 6.74. The van der Waals surface area contributed by atoms with Crippen LogP contribution in [0.4, 0.5) is 13.2 Å². The first-order chi connectivity index (χ1) is 13.4. The number of benzene rings is 2. The Kier molecular flexibility index (Phi) is 6.15. The van der Waals surface area contributed by atoms with Crippen LogP contribution >= 0.6 is 0 Å². The predicted molar refractivity (Wildman–Crippen MR) is 101 cm³/mol. The van der Waals surface area contributed by atoms with Gasteiger partial charge in [-0.05, 0) is 24.3 Å². The highest BCUT2D eigenvalue weighted by molar-refractivity contribution is 5.35. The van der Waals surface area contributed by atoms with Gasteiger partial charge in [-0.25, -0.2) is 0 Å². The van der Waals surface area contributed by atoms with Gasteiger partial charge in [-0.1, -0.05) is 36.3 Å². The monoisotopic (exact) mass is 389 g/mol. The van der Waals surface area contributed by atoms with E-state index < -0.39 is 17.3 Å². The smallest absolute Gasteiger partial charge is 0.419 e. The molecule has 0 aliphatic carbocycles. The quantitative estimate of drug-likeness (QED) is 0.673. The molecule has 3 rings (SSSR count). The molecule has 0 N–H and O–H groups in total. The summed E-state index contributed by atoms with van der Waals surface area (Å²) in [5.41, 5.74) is -1.40. The molecular formula is C22H22F3NO2. The molecule has 1 aliphatic rings. The normalized spacial score (nSPS) is 16.9. The number of hydrogen-bond donors (Lipinski definition) is 0. The van der Waals surface area contributed by atoms with Crippen molar-refractivity contribution in [1.82, 2.24) is 4.90 Å². The Morgan fingerprint density at radius 2 is 1.64 bits per heavy atom. The van der Waals surface area contributed by atoms with Crippen molar-refractivity contribution in [3.05, 3.63) is 60.2 Å². The lowest BCUT2D eigenvalue weighted by Gasteiger charge is -2.38. The molecule has 6 heteroatoms. The molecule has 0 atom stereocenters. The third-order valence-electron chi connectivity index (χ3n) is 4.84. The number of nitrogens with zero attached hydrogens (tertiary/aromatic N) is 1. The lowest BCUT2D eigenvalue weighted by atomic mass is 9.92. The van der Waals surface area contributed by atoms with E-state index in [1.54, 1.807) is 0 Å². The van der Waals surface area contributed by atoms with Crippen LogP contribution in [-0.4, -0.2) is 36.7 Å². The van der Waals surface area contributed by atoms with Crippen LogP contribution in [0.25, 0.3) is 0 Å². The van der Waals surface area contributed by atoms with E-state index in [0.717, 1.165) is 11.8 Å². The average molecular weight is 389 g/mol. The van der Waals surface area contributed by atoms with Crippen LogP contribution in [0.2, 0.25) is 0 Å². The van der Waals surface area contributed by atoms with Gasteiger partial charge in [0.15, 0.2) is 5.60 Å². The summed E-state index contributed by atoms with van der Waals surface area (Å²) in [6, 6.07) is 14.7. The molecule has 0 bridgehead atoms. The summed E-state index contributed by atoms with van der Waals surface area (Å²) in [6.45, 7) is 2.09. The van der Waals surface area contributed by atoms with Gasteiger partial charge in [0.2, 0.25) is 0 Å². The molecule has 0 saturated carbocycles. The lowest BCUT2D eigenvalue weighted by molar-refractivity contribution is -0.139. The summed E-state index contributed by atoms with van der Waals surface area (Å²) < 4.78 is 50.5. The number of hydrogen-bond acceptors (Lipinski definition) is 3. The Morgan fingerprint density at radius 3 is 2.29 bits per heavy atom. The van der Waals surface area contributed by atoms with Crippen LogP contribution in [0.5, 0.6) is 11.5 Å². The Morgan fingerprint density at radius 1 is 1.00 bits per heavy atom. The van der Waals surface area contributed by atoms with Gasteiger partial charge < -0.3 is 9.47 Å². The number of halogens is 3. The largest absolute Gasteiger partial charge is 0.492 e. The number of alkyl halides is 3. The van der Waals surface area contributed by atoms with Crippen LogP contribution in [0.3, 0.4) is 0 Å². The molecule has 2 aromatic carbocycles. The zero-order valence-corrected chi connectivity index (χ0v) is 15.4. The van der Waals surface area contributed by atoms with Crippen molar-refractivity contribution in [2.75, 3.05) is 26.2 Å². The third kappa shape index (κ3) is 4.99. The number of ether oxygens (including phenoxy) is 2. The van der Waals surface area contributed by atoms with E-state index in [4.69, 9.17) is 15.9 Å².